The molecule has 0 N–H and O–H groups in total. The van der Waals surface area contributed by atoms with Crippen LogP contribution >= 0.6 is 0 Å². The van der Waals surface area contributed by atoms with Gasteiger partial charge in [-0.05, 0) is 20.3 Å². The SMILES string of the molecule is CCOCCCOC(C)C(=O)[O-].[K+]. The number of aliphatic carboxylic acids is 1. The molecule has 5 heteroatoms. The zero-order valence-corrected chi connectivity index (χ0v) is 11.7. The van der Waals surface area contributed by atoms with Crippen LogP contribution in [0.3, 0.4) is 0 Å². The Balaban J connectivity index is 0. The van der Waals surface area contributed by atoms with Crippen LogP contribution in [-0.4, -0.2) is 31.9 Å². The third-order valence-corrected chi connectivity index (χ3v) is 1.34. The summed E-state index contributed by atoms with van der Waals surface area (Å²) in [5.74, 6) is -1.17. The topological polar surface area (TPSA) is 58.6 Å². The van der Waals surface area contributed by atoms with E-state index in [2.05, 4.69) is 0 Å². The Kier molecular flexibility index (Phi) is 14.1. The first-order valence-corrected chi connectivity index (χ1v) is 4.08. The van der Waals surface area contributed by atoms with Gasteiger partial charge in [0.1, 0.15) is 0 Å². The van der Waals surface area contributed by atoms with Crippen molar-refractivity contribution in [2.45, 2.75) is 26.4 Å². The summed E-state index contributed by atoms with van der Waals surface area (Å²) in [6.07, 6.45) is -0.113. The summed E-state index contributed by atoms with van der Waals surface area (Å²) < 4.78 is 9.94. The zero-order valence-electron chi connectivity index (χ0n) is 8.54. The quantitative estimate of drug-likeness (QED) is 0.327. The third-order valence-electron chi connectivity index (χ3n) is 1.34. The molecule has 72 valence electrons. The van der Waals surface area contributed by atoms with Gasteiger partial charge in [0.2, 0.25) is 0 Å². The fourth-order valence-electron chi connectivity index (χ4n) is 0.633. The van der Waals surface area contributed by atoms with Gasteiger partial charge in [0.15, 0.2) is 0 Å². The Bertz CT molecular complexity index is 129. The first kappa shape index (κ1) is 16.5. The molecule has 0 fully saturated rings. The van der Waals surface area contributed by atoms with E-state index in [1.54, 1.807) is 0 Å². The van der Waals surface area contributed by atoms with Crippen LogP contribution in [0.15, 0.2) is 0 Å². The molecule has 0 saturated carbocycles. The number of carboxylic acids is 1. The van der Waals surface area contributed by atoms with Crippen molar-refractivity contribution < 1.29 is 70.8 Å². The number of hydrogen-bond donors (Lipinski definition) is 0. The van der Waals surface area contributed by atoms with Gasteiger partial charge in [-0.25, -0.2) is 0 Å². The van der Waals surface area contributed by atoms with Crippen molar-refractivity contribution in [1.82, 2.24) is 0 Å². The van der Waals surface area contributed by atoms with Gasteiger partial charge >= 0.3 is 51.4 Å². The van der Waals surface area contributed by atoms with Crippen LogP contribution in [0.1, 0.15) is 20.3 Å². The molecule has 0 aliphatic heterocycles. The summed E-state index contributed by atoms with van der Waals surface area (Å²) in [6.45, 7) is 5.04. The van der Waals surface area contributed by atoms with Crippen LogP contribution in [0.2, 0.25) is 0 Å². The van der Waals surface area contributed by atoms with E-state index in [-0.39, 0.29) is 51.4 Å². The maximum Gasteiger partial charge on any atom is 1.00 e. The van der Waals surface area contributed by atoms with Crippen LogP contribution in [0, 0.1) is 0 Å². The fraction of sp³-hybridized carbons (Fsp3) is 0.875. The Labute approximate surface area is 121 Å². The first-order valence-electron chi connectivity index (χ1n) is 4.08. The van der Waals surface area contributed by atoms with E-state index in [4.69, 9.17) is 9.47 Å². The van der Waals surface area contributed by atoms with Gasteiger partial charge < -0.3 is 19.4 Å². The molecule has 0 rings (SSSR count). The van der Waals surface area contributed by atoms with E-state index in [1.165, 1.54) is 6.92 Å². The number of hydrogen-bond acceptors (Lipinski definition) is 4. The van der Waals surface area contributed by atoms with E-state index in [0.717, 1.165) is 0 Å². The van der Waals surface area contributed by atoms with E-state index in [9.17, 15) is 9.90 Å². The standard InChI is InChI=1S/C8H16O4.K/c1-3-11-5-4-6-12-7(2)8(9)10;/h7H,3-6H2,1-2H3,(H,9,10);/q;+1/p-1. The normalized spacial score (nSPS) is 11.8. The van der Waals surface area contributed by atoms with Gasteiger partial charge in [-0.15, -0.1) is 0 Å². The second-order valence-corrected chi connectivity index (χ2v) is 2.38. The average Bonchev–Trinajstić information content (AvgIpc) is 2.03. The van der Waals surface area contributed by atoms with Crippen molar-refractivity contribution >= 4 is 5.97 Å². The summed E-state index contributed by atoms with van der Waals surface area (Å²) in [5.41, 5.74) is 0. The molecule has 13 heavy (non-hydrogen) atoms. The third kappa shape index (κ3) is 11.0. The molecule has 0 bridgehead atoms. The monoisotopic (exact) mass is 214 g/mol. The van der Waals surface area contributed by atoms with E-state index < -0.39 is 12.1 Å². The molecule has 0 amide bonds. The minimum absolute atomic E-state index is 0. The van der Waals surface area contributed by atoms with Crippen molar-refractivity contribution in [2.24, 2.45) is 0 Å². The predicted molar refractivity (Wildman–Crippen MR) is 41.5 cm³/mol. The molecule has 0 aliphatic rings. The summed E-state index contributed by atoms with van der Waals surface area (Å²) in [5, 5.41) is 10.2. The van der Waals surface area contributed by atoms with Crippen molar-refractivity contribution in [3.8, 4) is 0 Å². The second-order valence-electron chi connectivity index (χ2n) is 2.38. The van der Waals surface area contributed by atoms with Crippen molar-refractivity contribution in [2.75, 3.05) is 19.8 Å². The van der Waals surface area contributed by atoms with Crippen LogP contribution < -0.4 is 56.5 Å². The molecule has 4 nitrogen and oxygen atoms in total. The zero-order chi connectivity index (χ0) is 9.40. The average molecular weight is 214 g/mol. The predicted octanol–water partition coefficient (Wildman–Crippen LogP) is -3.43. The molecule has 0 spiro atoms. The molecule has 0 radical (unpaired) electrons. The van der Waals surface area contributed by atoms with Crippen LogP contribution in [-0.2, 0) is 14.3 Å². The van der Waals surface area contributed by atoms with Gasteiger partial charge in [-0.1, -0.05) is 0 Å². The number of rotatable bonds is 7. The van der Waals surface area contributed by atoms with Crippen LogP contribution in [0.25, 0.3) is 0 Å². The molecule has 0 aromatic rings. The number of carbonyl (C=O) groups excluding carboxylic acids is 1. The summed E-state index contributed by atoms with van der Waals surface area (Å²) >= 11 is 0. The van der Waals surface area contributed by atoms with Gasteiger partial charge in [-0.3, -0.25) is 0 Å². The maximum atomic E-state index is 10.2. The van der Waals surface area contributed by atoms with Crippen LogP contribution in [0.4, 0.5) is 0 Å². The van der Waals surface area contributed by atoms with Gasteiger partial charge in [-0.2, -0.15) is 0 Å². The summed E-state index contributed by atoms with van der Waals surface area (Å²) in [4.78, 5) is 10.2. The van der Waals surface area contributed by atoms with Gasteiger partial charge in [0.05, 0.1) is 12.1 Å². The van der Waals surface area contributed by atoms with E-state index in [1.807, 2.05) is 6.92 Å². The molecule has 0 aliphatic carbocycles. The fourth-order valence-corrected chi connectivity index (χ4v) is 0.633. The minimum atomic E-state index is -1.17. The maximum absolute atomic E-state index is 10.2. The Hall–Kier alpha value is 1.03. The number of ether oxygens (including phenoxy) is 2. The number of carbonyl (C=O) groups is 1. The molecule has 0 saturated heterocycles. The summed E-state index contributed by atoms with van der Waals surface area (Å²) in [6, 6.07) is 0. The smallest absolute Gasteiger partial charge is 0.547 e. The Morgan fingerprint density at radius 1 is 1.46 bits per heavy atom. The number of carboxylic acid groups (broad SMARTS) is 1. The molecule has 1 unspecified atom stereocenters. The Morgan fingerprint density at radius 2 is 2.08 bits per heavy atom. The Morgan fingerprint density at radius 3 is 2.54 bits per heavy atom. The molecular weight excluding hydrogens is 199 g/mol. The van der Waals surface area contributed by atoms with Crippen molar-refractivity contribution in [1.29, 1.82) is 0 Å². The van der Waals surface area contributed by atoms with E-state index in [0.29, 0.717) is 26.2 Å². The molecule has 0 heterocycles. The van der Waals surface area contributed by atoms with Crippen molar-refractivity contribution in [3.63, 3.8) is 0 Å². The second kappa shape index (κ2) is 11.1. The van der Waals surface area contributed by atoms with Gasteiger partial charge in [0, 0.05) is 19.8 Å². The van der Waals surface area contributed by atoms with Crippen LogP contribution in [0.5, 0.6) is 0 Å². The first-order chi connectivity index (χ1) is 5.68. The molecular formula is C8H15KO4. The minimum Gasteiger partial charge on any atom is -0.547 e. The molecule has 0 aromatic carbocycles. The van der Waals surface area contributed by atoms with Crippen molar-refractivity contribution in [3.05, 3.63) is 0 Å². The van der Waals surface area contributed by atoms with E-state index >= 15 is 0 Å². The summed E-state index contributed by atoms with van der Waals surface area (Å²) in [7, 11) is 0. The molecule has 1 atom stereocenters. The largest absolute Gasteiger partial charge is 1.00 e. The molecule has 0 aromatic heterocycles. The van der Waals surface area contributed by atoms with Gasteiger partial charge in [0.25, 0.3) is 0 Å².